The first-order valence-electron chi connectivity index (χ1n) is 6.16. The zero-order valence-corrected chi connectivity index (χ0v) is 11.6. The summed E-state index contributed by atoms with van der Waals surface area (Å²) in [4.78, 5) is 13.3. The lowest BCUT2D eigenvalue weighted by atomic mass is 10.2. The van der Waals surface area contributed by atoms with Gasteiger partial charge in [0.05, 0.1) is 11.0 Å². The summed E-state index contributed by atoms with van der Waals surface area (Å²) >= 11 is 0. The van der Waals surface area contributed by atoms with E-state index in [1.54, 1.807) is 6.92 Å². The molecule has 5 nitrogen and oxygen atoms in total. The molecule has 1 fully saturated rings. The van der Waals surface area contributed by atoms with Gasteiger partial charge in [-0.25, -0.2) is 13.2 Å². The number of benzene rings is 1. The van der Waals surface area contributed by atoms with E-state index in [4.69, 9.17) is 4.74 Å². The first-order chi connectivity index (χ1) is 8.99. The van der Waals surface area contributed by atoms with E-state index in [1.807, 2.05) is 30.3 Å². The van der Waals surface area contributed by atoms with Gasteiger partial charge in [0.25, 0.3) is 0 Å². The topological polar surface area (TPSA) is 63.7 Å². The molecule has 1 aliphatic rings. The van der Waals surface area contributed by atoms with E-state index < -0.39 is 21.2 Å². The Balaban J connectivity index is 1.88. The second-order valence-corrected chi connectivity index (χ2v) is 7.20. The summed E-state index contributed by atoms with van der Waals surface area (Å²) < 4.78 is 28.3. The molecule has 1 atom stereocenters. The third-order valence-electron chi connectivity index (χ3n) is 3.20. The quantitative estimate of drug-likeness (QED) is 0.824. The third-order valence-corrected chi connectivity index (χ3v) is 5.33. The first-order valence-corrected chi connectivity index (χ1v) is 7.88. The highest BCUT2D eigenvalue weighted by molar-refractivity contribution is 7.92. The average molecular weight is 283 g/mol. The van der Waals surface area contributed by atoms with Crippen LogP contribution in [-0.4, -0.2) is 43.5 Å². The van der Waals surface area contributed by atoms with Crippen LogP contribution >= 0.6 is 0 Å². The fraction of sp³-hybridized carbons (Fsp3) is 0.462. The summed E-state index contributed by atoms with van der Waals surface area (Å²) in [6.07, 6.45) is -0.453. The second kappa shape index (κ2) is 5.61. The maximum Gasteiger partial charge on any atom is 0.410 e. The molecule has 0 aliphatic carbocycles. The van der Waals surface area contributed by atoms with Crippen LogP contribution in [0.5, 0.6) is 0 Å². The number of carbonyl (C=O) groups excluding carboxylic acids is 1. The van der Waals surface area contributed by atoms with Crippen molar-refractivity contribution < 1.29 is 17.9 Å². The Morgan fingerprint density at radius 1 is 1.37 bits per heavy atom. The molecule has 0 spiro atoms. The van der Waals surface area contributed by atoms with Gasteiger partial charge in [-0.1, -0.05) is 30.3 Å². The first kappa shape index (κ1) is 13.9. The fourth-order valence-electron chi connectivity index (χ4n) is 1.93. The van der Waals surface area contributed by atoms with Gasteiger partial charge in [-0.05, 0) is 12.5 Å². The lowest BCUT2D eigenvalue weighted by Gasteiger charge is -2.30. The third kappa shape index (κ3) is 3.47. The number of amides is 1. The molecule has 1 unspecified atom stereocenters. The lowest BCUT2D eigenvalue weighted by Crippen LogP contribution is -2.48. The summed E-state index contributed by atoms with van der Waals surface area (Å²) in [7, 11) is -3.04. The fourth-order valence-corrected chi connectivity index (χ4v) is 3.21. The number of hydrogen-bond donors (Lipinski definition) is 0. The Bertz CT molecular complexity index is 541. The van der Waals surface area contributed by atoms with Gasteiger partial charge in [0.15, 0.2) is 9.84 Å². The average Bonchev–Trinajstić information content (AvgIpc) is 2.40. The highest BCUT2D eigenvalue weighted by atomic mass is 32.2. The molecule has 1 aromatic carbocycles. The number of nitrogens with zero attached hydrogens (tertiary/aromatic N) is 1. The SMILES string of the molecule is CC1CN(C(=O)OCc2ccccc2)CCS1(=O)=O. The molecule has 104 valence electrons. The second-order valence-electron chi connectivity index (χ2n) is 4.66. The zero-order valence-electron chi connectivity index (χ0n) is 10.8. The Hall–Kier alpha value is -1.56. The van der Waals surface area contributed by atoms with E-state index in [-0.39, 0.29) is 25.4 Å². The molecule has 19 heavy (non-hydrogen) atoms. The van der Waals surface area contributed by atoms with Crippen LogP contribution in [-0.2, 0) is 21.2 Å². The van der Waals surface area contributed by atoms with Gasteiger partial charge in [-0.3, -0.25) is 0 Å². The summed E-state index contributed by atoms with van der Waals surface area (Å²) in [6, 6.07) is 9.38. The molecule has 1 amide bonds. The Labute approximate surface area is 113 Å². The molecule has 0 N–H and O–H groups in total. The van der Waals surface area contributed by atoms with Crippen molar-refractivity contribution in [2.45, 2.75) is 18.8 Å². The van der Waals surface area contributed by atoms with Crippen LogP contribution in [0.25, 0.3) is 0 Å². The summed E-state index contributed by atoms with van der Waals surface area (Å²) in [5.74, 6) is 0.00854. The molecule has 1 aromatic rings. The van der Waals surface area contributed by atoms with Crippen molar-refractivity contribution in [2.24, 2.45) is 0 Å². The van der Waals surface area contributed by atoms with Gasteiger partial charge >= 0.3 is 6.09 Å². The van der Waals surface area contributed by atoms with E-state index in [1.165, 1.54) is 4.90 Å². The zero-order chi connectivity index (χ0) is 13.9. The monoisotopic (exact) mass is 283 g/mol. The summed E-state index contributed by atoms with van der Waals surface area (Å²) in [5.41, 5.74) is 0.911. The maximum atomic E-state index is 11.8. The van der Waals surface area contributed by atoms with Crippen LogP contribution in [0.15, 0.2) is 30.3 Å². The molecule has 6 heteroatoms. The highest BCUT2D eigenvalue weighted by Gasteiger charge is 2.32. The van der Waals surface area contributed by atoms with Crippen LogP contribution in [0.4, 0.5) is 4.79 Å². The normalized spacial score (nSPS) is 21.9. The van der Waals surface area contributed by atoms with Crippen LogP contribution in [0.3, 0.4) is 0 Å². The van der Waals surface area contributed by atoms with Crippen LogP contribution in [0.2, 0.25) is 0 Å². The Morgan fingerprint density at radius 3 is 2.68 bits per heavy atom. The molecular weight excluding hydrogens is 266 g/mol. The van der Waals surface area contributed by atoms with Gasteiger partial charge in [0.1, 0.15) is 6.61 Å². The molecular formula is C13H17NO4S. The number of hydrogen-bond acceptors (Lipinski definition) is 4. The largest absolute Gasteiger partial charge is 0.445 e. The number of ether oxygens (including phenoxy) is 1. The van der Waals surface area contributed by atoms with Gasteiger partial charge in [-0.15, -0.1) is 0 Å². The minimum absolute atomic E-state index is 0.00854. The standard InChI is InChI=1S/C13H17NO4S/c1-11-9-14(7-8-19(11,16)17)13(15)18-10-12-5-3-2-4-6-12/h2-6,11H,7-10H2,1H3. The van der Waals surface area contributed by atoms with Crippen molar-refractivity contribution in [1.29, 1.82) is 0 Å². The Kier molecular flexibility index (Phi) is 4.09. The number of sulfone groups is 1. The molecule has 0 bridgehead atoms. The van der Waals surface area contributed by atoms with Crippen molar-refractivity contribution in [2.75, 3.05) is 18.8 Å². The number of carbonyl (C=O) groups is 1. The van der Waals surface area contributed by atoms with Gasteiger partial charge in [-0.2, -0.15) is 0 Å². The van der Waals surface area contributed by atoms with E-state index in [0.29, 0.717) is 0 Å². The molecule has 0 radical (unpaired) electrons. The molecule has 1 aliphatic heterocycles. The minimum atomic E-state index is -3.04. The highest BCUT2D eigenvalue weighted by Crippen LogP contribution is 2.13. The van der Waals surface area contributed by atoms with Crippen molar-refractivity contribution in [3.63, 3.8) is 0 Å². The molecule has 1 heterocycles. The Morgan fingerprint density at radius 2 is 2.05 bits per heavy atom. The molecule has 2 rings (SSSR count). The lowest BCUT2D eigenvalue weighted by molar-refractivity contribution is 0.0971. The van der Waals surface area contributed by atoms with Gasteiger partial charge < -0.3 is 9.64 Å². The van der Waals surface area contributed by atoms with Gasteiger partial charge in [0.2, 0.25) is 0 Å². The summed E-state index contributed by atoms with van der Waals surface area (Å²) in [6.45, 7) is 2.24. The van der Waals surface area contributed by atoms with Crippen molar-refractivity contribution in [3.8, 4) is 0 Å². The number of rotatable bonds is 2. The minimum Gasteiger partial charge on any atom is -0.445 e. The van der Waals surface area contributed by atoms with E-state index in [0.717, 1.165) is 5.56 Å². The van der Waals surface area contributed by atoms with Crippen LogP contribution in [0.1, 0.15) is 12.5 Å². The predicted molar refractivity (Wildman–Crippen MR) is 71.4 cm³/mol. The van der Waals surface area contributed by atoms with E-state index in [9.17, 15) is 13.2 Å². The maximum absolute atomic E-state index is 11.8. The molecule has 0 saturated carbocycles. The van der Waals surface area contributed by atoms with Crippen molar-refractivity contribution in [3.05, 3.63) is 35.9 Å². The molecule has 0 aromatic heterocycles. The van der Waals surface area contributed by atoms with Crippen molar-refractivity contribution >= 4 is 15.9 Å². The van der Waals surface area contributed by atoms with Crippen LogP contribution in [0, 0.1) is 0 Å². The van der Waals surface area contributed by atoms with E-state index >= 15 is 0 Å². The summed E-state index contributed by atoms with van der Waals surface area (Å²) in [5, 5.41) is -0.523. The van der Waals surface area contributed by atoms with Crippen molar-refractivity contribution in [1.82, 2.24) is 4.90 Å². The van der Waals surface area contributed by atoms with Gasteiger partial charge in [0, 0.05) is 13.1 Å². The predicted octanol–water partition coefficient (Wildman–Crippen LogP) is 1.44. The smallest absolute Gasteiger partial charge is 0.410 e. The van der Waals surface area contributed by atoms with E-state index in [2.05, 4.69) is 0 Å². The molecule has 1 saturated heterocycles. The van der Waals surface area contributed by atoms with Crippen LogP contribution < -0.4 is 0 Å².